The van der Waals surface area contributed by atoms with E-state index in [0.717, 1.165) is 11.0 Å². The summed E-state index contributed by atoms with van der Waals surface area (Å²) in [6.45, 7) is 0.231. The Morgan fingerprint density at radius 2 is 1.66 bits per heavy atom. The zero-order chi connectivity index (χ0) is 29.4. The van der Waals surface area contributed by atoms with Gasteiger partial charge in [0, 0.05) is 17.7 Å². The number of nitrogens with one attached hydrogen (secondary N) is 4. The minimum Gasteiger partial charge on any atom is -0.481 e. The molecule has 16 heteroatoms. The Bertz CT molecular complexity index is 1720. The van der Waals surface area contributed by atoms with Crippen LogP contribution >= 0.6 is 0 Å². The van der Waals surface area contributed by atoms with E-state index in [1.165, 1.54) is 18.3 Å². The topological polar surface area (TPSA) is 255 Å². The van der Waals surface area contributed by atoms with E-state index in [4.69, 9.17) is 15.9 Å². The normalized spacial score (nSPS) is 11.3. The molecule has 210 valence electrons. The second-order valence-electron chi connectivity index (χ2n) is 8.52. The van der Waals surface area contributed by atoms with E-state index in [1.807, 2.05) is 24.3 Å². The highest BCUT2D eigenvalue weighted by atomic mass is 16.4. The summed E-state index contributed by atoms with van der Waals surface area (Å²) in [6, 6.07) is 12.6. The van der Waals surface area contributed by atoms with Crippen LogP contribution in [0.15, 0.2) is 59.5 Å². The number of nitrogens with zero attached hydrogens (tertiary/aromatic N) is 5. The van der Waals surface area contributed by atoms with Gasteiger partial charge < -0.3 is 26.6 Å². The first-order chi connectivity index (χ1) is 19.7. The SMILES string of the molecule is Nc1nc2ncc(CNc3ccc(C(=O)NC(CCC(=O)O)C(=O)O)cc3)nc2c(=O)[nH]1.c1ccc2n[nH]nc2c1. The molecular weight excluding hydrogens is 536 g/mol. The molecule has 0 aliphatic rings. The molecule has 16 nitrogen and oxygen atoms in total. The van der Waals surface area contributed by atoms with Crippen LogP contribution in [0.3, 0.4) is 0 Å². The van der Waals surface area contributed by atoms with Gasteiger partial charge in [-0.3, -0.25) is 19.4 Å². The van der Waals surface area contributed by atoms with Crippen molar-refractivity contribution >= 4 is 51.7 Å². The molecule has 3 aromatic heterocycles. The van der Waals surface area contributed by atoms with Crippen molar-refractivity contribution in [3.05, 3.63) is 76.3 Å². The first-order valence-corrected chi connectivity index (χ1v) is 12.1. The Hall–Kier alpha value is -5.93. The molecule has 0 saturated heterocycles. The highest BCUT2D eigenvalue weighted by Gasteiger charge is 2.21. The Balaban J connectivity index is 0.000000360. The molecule has 5 rings (SSSR count). The lowest BCUT2D eigenvalue weighted by Crippen LogP contribution is -2.41. The van der Waals surface area contributed by atoms with Gasteiger partial charge in [-0.05, 0) is 42.8 Å². The van der Waals surface area contributed by atoms with Crippen molar-refractivity contribution in [2.24, 2.45) is 0 Å². The zero-order valence-electron chi connectivity index (χ0n) is 21.2. The van der Waals surface area contributed by atoms with Gasteiger partial charge in [-0.15, -0.1) is 0 Å². The van der Waals surface area contributed by atoms with Gasteiger partial charge in [-0.25, -0.2) is 14.8 Å². The second-order valence-corrected chi connectivity index (χ2v) is 8.52. The molecule has 0 bridgehead atoms. The fraction of sp³-hybridized carbons (Fsp3) is 0.160. The van der Waals surface area contributed by atoms with E-state index >= 15 is 0 Å². The van der Waals surface area contributed by atoms with Crippen LogP contribution in [0.5, 0.6) is 0 Å². The number of nitrogens with two attached hydrogens (primary N) is 1. The fourth-order valence-electron chi connectivity index (χ4n) is 3.54. The number of hydrogen-bond acceptors (Lipinski definition) is 11. The molecule has 3 heterocycles. The van der Waals surface area contributed by atoms with E-state index < -0.39 is 29.4 Å². The van der Waals surface area contributed by atoms with Gasteiger partial charge in [0.05, 0.1) is 18.4 Å². The number of benzene rings is 2. The molecule has 1 atom stereocenters. The largest absolute Gasteiger partial charge is 0.481 e. The van der Waals surface area contributed by atoms with Gasteiger partial charge in [0.25, 0.3) is 11.5 Å². The number of H-pyrrole nitrogens is 2. The first kappa shape index (κ1) is 28.1. The molecule has 0 aliphatic heterocycles. The summed E-state index contributed by atoms with van der Waals surface area (Å²) in [5.74, 6) is -3.16. The van der Waals surface area contributed by atoms with Crippen molar-refractivity contribution in [3.63, 3.8) is 0 Å². The number of rotatable bonds is 9. The van der Waals surface area contributed by atoms with E-state index in [9.17, 15) is 19.2 Å². The standard InChI is InChI=1S/C19H19N7O6.C6H5N3/c20-19-25-15-14(17(30)26-19)23-11(8-22-15)7-21-10-3-1-9(2-4-10)16(29)24-12(18(31)32)5-6-13(27)28;1-2-4-6-5(3-1)7-9-8-6/h1-4,8,12,21H,5-7H2,(H,24,29)(H,27,28)(H,31,32)(H3,20,22,25,26,30);1-4H,(H,7,8,9). The molecule has 41 heavy (non-hydrogen) atoms. The van der Waals surface area contributed by atoms with Crippen LogP contribution in [0.1, 0.15) is 28.9 Å². The molecule has 0 fully saturated rings. The smallest absolute Gasteiger partial charge is 0.326 e. The number of carboxylic acids is 2. The summed E-state index contributed by atoms with van der Waals surface area (Å²) >= 11 is 0. The number of carbonyl (C=O) groups is 3. The monoisotopic (exact) mass is 560 g/mol. The van der Waals surface area contributed by atoms with Crippen LogP contribution in [0, 0.1) is 0 Å². The van der Waals surface area contributed by atoms with Gasteiger partial charge in [0.2, 0.25) is 5.95 Å². The number of carbonyl (C=O) groups excluding carboxylic acids is 1. The number of aromatic nitrogens is 7. The maximum Gasteiger partial charge on any atom is 0.326 e. The Kier molecular flexibility index (Phi) is 8.73. The highest BCUT2D eigenvalue weighted by molar-refractivity contribution is 5.97. The molecular formula is C25H24N10O6. The number of nitrogen functional groups attached to an aromatic ring is 1. The molecule has 0 radical (unpaired) electrons. The van der Waals surface area contributed by atoms with Crippen LogP contribution in [0.25, 0.3) is 22.2 Å². The molecule has 2 aromatic carbocycles. The van der Waals surface area contributed by atoms with Gasteiger partial charge >= 0.3 is 11.9 Å². The first-order valence-electron chi connectivity index (χ1n) is 12.1. The van der Waals surface area contributed by atoms with Gasteiger partial charge in [-0.2, -0.15) is 20.4 Å². The molecule has 1 amide bonds. The minimum atomic E-state index is -1.31. The average molecular weight is 561 g/mol. The molecule has 0 aliphatic carbocycles. The number of carboxylic acid groups (broad SMARTS) is 2. The molecule has 8 N–H and O–H groups in total. The summed E-state index contributed by atoms with van der Waals surface area (Å²) in [4.78, 5) is 60.6. The van der Waals surface area contributed by atoms with Crippen molar-refractivity contribution in [2.75, 3.05) is 11.1 Å². The molecule has 0 saturated carbocycles. The van der Waals surface area contributed by atoms with Gasteiger partial charge in [0.1, 0.15) is 17.1 Å². The van der Waals surface area contributed by atoms with Crippen molar-refractivity contribution in [2.45, 2.75) is 25.4 Å². The third-order valence-electron chi connectivity index (χ3n) is 5.58. The lowest BCUT2D eigenvalue weighted by atomic mass is 10.1. The maximum absolute atomic E-state index is 12.3. The van der Waals surface area contributed by atoms with Crippen molar-refractivity contribution in [3.8, 4) is 0 Å². The highest BCUT2D eigenvalue weighted by Crippen LogP contribution is 2.12. The van der Waals surface area contributed by atoms with E-state index in [-0.39, 0.29) is 42.1 Å². The number of fused-ring (bicyclic) bond motifs is 2. The molecule has 5 aromatic rings. The lowest BCUT2D eigenvalue weighted by molar-refractivity contribution is -0.140. The summed E-state index contributed by atoms with van der Waals surface area (Å²) in [5.41, 5.74) is 8.30. The minimum absolute atomic E-state index is 0.0524. The number of para-hydroxylation sites is 2. The number of amides is 1. The Morgan fingerprint density at radius 1 is 0.976 bits per heavy atom. The van der Waals surface area contributed by atoms with E-state index in [0.29, 0.717) is 11.4 Å². The molecule has 0 spiro atoms. The summed E-state index contributed by atoms with van der Waals surface area (Å²) < 4.78 is 0. The quantitative estimate of drug-likeness (QED) is 0.132. The fourth-order valence-corrected chi connectivity index (χ4v) is 3.54. The maximum atomic E-state index is 12.3. The van der Waals surface area contributed by atoms with E-state index in [1.54, 1.807) is 12.1 Å². The van der Waals surface area contributed by atoms with Gasteiger partial charge in [-0.1, -0.05) is 12.1 Å². The Labute approximate surface area is 230 Å². The van der Waals surface area contributed by atoms with Crippen molar-refractivity contribution in [1.29, 1.82) is 0 Å². The number of hydrogen-bond donors (Lipinski definition) is 7. The van der Waals surface area contributed by atoms with Crippen molar-refractivity contribution in [1.82, 2.24) is 40.7 Å². The molecule has 1 unspecified atom stereocenters. The zero-order valence-corrected chi connectivity index (χ0v) is 21.2. The number of anilines is 2. The summed E-state index contributed by atoms with van der Waals surface area (Å²) in [6.07, 6.45) is 0.840. The third kappa shape index (κ3) is 7.56. The van der Waals surface area contributed by atoms with Crippen molar-refractivity contribution < 1.29 is 24.6 Å². The van der Waals surface area contributed by atoms with E-state index in [2.05, 4.69) is 46.0 Å². The van der Waals surface area contributed by atoms with Crippen LogP contribution in [-0.4, -0.2) is 69.4 Å². The Morgan fingerprint density at radius 3 is 2.29 bits per heavy atom. The summed E-state index contributed by atoms with van der Waals surface area (Å²) in [5, 5.41) is 33.5. The lowest BCUT2D eigenvalue weighted by Gasteiger charge is -2.14. The van der Waals surface area contributed by atoms with Crippen LogP contribution < -0.4 is 21.9 Å². The predicted molar refractivity (Wildman–Crippen MR) is 146 cm³/mol. The predicted octanol–water partition coefficient (Wildman–Crippen LogP) is 0.913. The number of aliphatic carboxylic acids is 2. The average Bonchev–Trinajstić information content (AvgIpc) is 3.43. The van der Waals surface area contributed by atoms with Crippen LogP contribution in [-0.2, 0) is 16.1 Å². The van der Waals surface area contributed by atoms with Gasteiger partial charge in [0.15, 0.2) is 11.2 Å². The number of aromatic amines is 2. The van der Waals surface area contributed by atoms with Crippen LogP contribution in [0.2, 0.25) is 0 Å². The summed E-state index contributed by atoms with van der Waals surface area (Å²) in [7, 11) is 0. The second kappa shape index (κ2) is 12.7. The van der Waals surface area contributed by atoms with Crippen LogP contribution in [0.4, 0.5) is 11.6 Å². The third-order valence-corrected chi connectivity index (χ3v) is 5.58.